The lowest BCUT2D eigenvalue weighted by Gasteiger charge is -2.24. The molecule has 0 unspecified atom stereocenters. The molecule has 1 aliphatic rings. The molecule has 1 atom stereocenters. The summed E-state index contributed by atoms with van der Waals surface area (Å²) in [5, 5.41) is 8.31. The topological polar surface area (TPSA) is 42.7 Å². The van der Waals surface area contributed by atoms with Crippen LogP contribution >= 0.6 is 0 Å². The summed E-state index contributed by atoms with van der Waals surface area (Å²) in [5.41, 5.74) is 5.12. The average molecular weight is 318 g/mol. The molecule has 0 fully saturated rings. The van der Waals surface area contributed by atoms with Crippen LogP contribution in [0, 0.1) is 0 Å². The third-order valence-electron chi connectivity index (χ3n) is 4.69. The monoisotopic (exact) mass is 318 g/mol. The largest absolute Gasteiger partial charge is 0.304 e. The van der Waals surface area contributed by atoms with Crippen molar-refractivity contribution >= 4 is 0 Å². The van der Waals surface area contributed by atoms with E-state index in [1.807, 2.05) is 24.5 Å². The number of nitrogens with one attached hydrogen (secondary N) is 1. The minimum absolute atomic E-state index is 0.375. The van der Waals surface area contributed by atoms with E-state index in [0.717, 1.165) is 31.6 Å². The summed E-state index contributed by atoms with van der Waals surface area (Å²) in [6, 6.07) is 17.0. The summed E-state index contributed by atoms with van der Waals surface area (Å²) in [5.74, 6) is 0. The Morgan fingerprint density at radius 1 is 1.08 bits per heavy atom. The maximum absolute atomic E-state index is 4.66. The lowest BCUT2D eigenvalue weighted by Crippen LogP contribution is -2.25. The normalized spacial score (nSPS) is 16.8. The maximum Gasteiger partial charge on any atom is 0.0662 e. The van der Waals surface area contributed by atoms with Gasteiger partial charge in [0, 0.05) is 30.0 Å². The van der Waals surface area contributed by atoms with Gasteiger partial charge in [-0.15, -0.1) is 0 Å². The van der Waals surface area contributed by atoms with Gasteiger partial charge >= 0.3 is 0 Å². The second-order valence-electron chi connectivity index (χ2n) is 6.34. The number of benzene rings is 1. The van der Waals surface area contributed by atoms with E-state index in [2.05, 4.69) is 56.5 Å². The first-order valence-electron chi connectivity index (χ1n) is 8.62. The molecule has 0 saturated heterocycles. The molecule has 0 spiro atoms. The van der Waals surface area contributed by atoms with Gasteiger partial charge in [-0.1, -0.05) is 36.4 Å². The highest BCUT2D eigenvalue weighted by Crippen LogP contribution is 2.30. The Kier molecular flexibility index (Phi) is 4.38. The number of hydrogen-bond donors (Lipinski definition) is 1. The van der Waals surface area contributed by atoms with E-state index in [1.54, 1.807) is 0 Å². The summed E-state index contributed by atoms with van der Waals surface area (Å²) in [6.45, 7) is 1.65. The van der Waals surface area contributed by atoms with Crippen LogP contribution in [0.15, 0.2) is 60.9 Å². The molecule has 2 heterocycles. The number of aromatic nitrogens is 3. The Labute approximate surface area is 142 Å². The molecule has 4 nitrogen and oxygen atoms in total. The van der Waals surface area contributed by atoms with Gasteiger partial charge in [0.05, 0.1) is 18.4 Å². The quantitative estimate of drug-likeness (QED) is 0.783. The Morgan fingerprint density at radius 3 is 2.79 bits per heavy atom. The van der Waals surface area contributed by atoms with E-state index in [9.17, 15) is 0 Å². The van der Waals surface area contributed by atoms with E-state index in [1.165, 1.54) is 23.2 Å². The van der Waals surface area contributed by atoms with Crippen molar-refractivity contribution in [1.82, 2.24) is 20.1 Å². The zero-order chi connectivity index (χ0) is 16.2. The summed E-state index contributed by atoms with van der Waals surface area (Å²) < 4.78 is 2.17. The van der Waals surface area contributed by atoms with Gasteiger partial charge in [0.15, 0.2) is 0 Å². The minimum Gasteiger partial charge on any atom is -0.304 e. The molecule has 3 aromatic rings. The van der Waals surface area contributed by atoms with Crippen molar-refractivity contribution in [2.45, 2.75) is 38.4 Å². The number of pyridine rings is 1. The van der Waals surface area contributed by atoms with Gasteiger partial charge in [0.2, 0.25) is 0 Å². The van der Waals surface area contributed by atoms with Crippen LogP contribution in [0.25, 0.3) is 0 Å². The standard InChI is InChI=1S/C20H22N4/c1-2-7-16(8-3-1)15-24-20-11-6-10-19(18(20)14-23-24)22-13-17-9-4-5-12-21-17/h1-5,7-9,12,14,19,22H,6,10-11,13,15H2/t19-/m0/s1. The van der Waals surface area contributed by atoms with Crippen molar-refractivity contribution in [3.8, 4) is 0 Å². The van der Waals surface area contributed by atoms with Gasteiger partial charge in [0.25, 0.3) is 0 Å². The molecule has 2 aromatic heterocycles. The fourth-order valence-corrected chi connectivity index (χ4v) is 3.45. The zero-order valence-electron chi connectivity index (χ0n) is 13.7. The molecule has 0 aliphatic heterocycles. The Morgan fingerprint density at radius 2 is 1.96 bits per heavy atom. The van der Waals surface area contributed by atoms with Gasteiger partial charge in [-0.25, -0.2) is 0 Å². The van der Waals surface area contributed by atoms with Crippen molar-refractivity contribution < 1.29 is 0 Å². The van der Waals surface area contributed by atoms with Crippen LogP contribution in [-0.4, -0.2) is 14.8 Å². The molecule has 0 bridgehead atoms. The predicted octanol–water partition coefficient (Wildman–Crippen LogP) is 3.49. The van der Waals surface area contributed by atoms with Crippen molar-refractivity contribution in [1.29, 1.82) is 0 Å². The molecule has 0 amide bonds. The average Bonchev–Trinajstić information content (AvgIpc) is 3.05. The van der Waals surface area contributed by atoms with E-state index >= 15 is 0 Å². The second-order valence-corrected chi connectivity index (χ2v) is 6.34. The van der Waals surface area contributed by atoms with Crippen molar-refractivity contribution in [2.24, 2.45) is 0 Å². The van der Waals surface area contributed by atoms with Crippen molar-refractivity contribution in [3.05, 3.63) is 83.4 Å². The highest BCUT2D eigenvalue weighted by molar-refractivity contribution is 5.26. The van der Waals surface area contributed by atoms with Crippen molar-refractivity contribution in [3.63, 3.8) is 0 Å². The number of hydrogen-bond acceptors (Lipinski definition) is 3. The molecule has 0 saturated carbocycles. The van der Waals surface area contributed by atoms with Crippen molar-refractivity contribution in [2.75, 3.05) is 0 Å². The SMILES string of the molecule is c1ccc(Cn2ncc3c2CCC[C@@H]3NCc2ccccn2)cc1. The Bertz CT molecular complexity index is 780. The first kappa shape index (κ1) is 15.1. The fourth-order valence-electron chi connectivity index (χ4n) is 3.45. The number of nitrogens with zero attached hydrogens (tertiary/aromatic N) is 3. The lowest BCUT2D eigenvalue weighted by atomic mass is 9.93. The predicted molar refractivity (Wildman–Crippen MR) is 94.5 cm³/mol. The van der Waals surface area contributed by atoms with Gasteiger partial charge < -0.3 is 5.32 Å². The summed E-state index contributed by atoms with van der Waals surface area (Å²) >= 11 is 0. The summed E-state index contributed by atoms with van der Waals surface area (Å²) in [6.07, 6.45) is 7.38. The second kappa shape index (κ2) is 6.97. The third kappa shape index (κ3) is 3.24. The van der Waals surface area contributed by atoms with Crippen LogP contribution in [0.3, 0.4) is 0 Å². The summed E-state index contributed by atoms with van der Waals surface area (Å²) in [7, 11) is 0. The molecule has 24 heavy (non-hydrogen) atoms. The molecule has 4 rings (SSSR count). The van der Waals surface area contributed by atoms with Crippen LogP contribution in [0.2, 0.25) is 0 Å². The van der Waals surface area contributed by atoms with E-state index in [-0.39, 0.29) is 0 Å². The molecule has 1 aliphatic carbocycles. The first-order chi connectivity index (χ1) is 11.9. The van der Waals surface area contributed by atoms with Crippen LogP contribution < -0.4 is 5.32 Å². The highest BCUT2D eigenvalue weighted by Gasteiger charge is 2.23. The molecular formula is C20H22N4. The molecule has 122 valence electrons. The van der Waals surface area contributed by atoms with Gasteiger partial charge in [-0.3, -0.25) is 9.67 Å². The van der Waals surface area contributed by atoms with Crippen LogP contribution in [0.5, 0.6) is 0 Å². The minimum atomic E-state index is 0.375. The third-order valence-corrected chi connectivity index (χ3v) is 4.69. The van der Waals surface area contributed by atoms with E-state index in [4.69, 9.17) is 0 Å². The lowest BCUT2D eigenvalue weighted by molar-refractivity contribution is 0.447. The maximum atomic E-state index is 4.66. The number of fused-ring (bicyclic) bond motifs is 1. The van der Waals surface area contributed by atoms with Crippen LogP contribution in [-0.2, 0) is 19.5 Å². The molecule has 1 N–H and O–H groups in total. The summed E-state index contributed by atoms with van der Waals surface area (Å²) in [4.78, 5) is 4.40. The van der Waals surface area contributed by atoms with E-state index < -0.39 is 0 Å². The van der Waals surface area contributed by atoms with Gasteiger partial charge in [-0.05, 0) is 37.0 Å². The smallest absolute Gasteiger partial charge is 0.0662 e. The Hall–Kier alpha value is -2.46. The Balaban J connectivity index is 1.49. The molecule has 4 heteroatoms. The van der Waals surface area contributed by atoms with Gasteiger partial charge in [0.1, 0.15) is 0 Å². The zero-order valence-corrected chi connectivity index (χ0v) is 13.7. The number of rotatable bonds is 5. The molecule has 1 aromatic carbocycles. The fraction of sp³-hybridized carbons (Fsp3) is 0.300. The van der Waals surface area contributed by atoms with Gasteiger partial charge in [-0.2, -0.15) is 5.10 Å². The van der Waals surface area contributed by atoms with Crippen LogP contribution in [0.1, 0.15) is 41.4 Å². The first-order valence-corrected chi connectivity index (χ1v) is 8.62. The molecule has 0 radical (unpaired) electrons. The highest BCUT2D eigenvalue weighted by atomic mass is 15.3. The van der Waals surface area contributed by atoms with Crippen LogP contribution in [0.4, 0.5) is 0 Å². The molecular weight excluding hydrogens is 296 g/mol. The van der Waals surface area contributed by atoms with E-state index in [0.29, 0.717) is 6.04 Å².